The fraction of sp³-hybridized carbons (Fsp3) is 0.222. The zero-order chi connectivity index (χ0) is 10.4. The first kappa shape index (κ1) is 10.1. The standard InChI is InChI=1S/C9H10N4O/c1-7(11-9(14)12-13-10)8-5-3-2-4-6-8/h2-7H,1H3,(H,11,14). The number of hydrogen-bond donors (Lipinski definition) is 1. The quantitative estimate of drug-likeness (QED) is 0.434. The molecule has 5 heteroatoms. The van der Waals surface area contributed by atoms with Gasteiger partial charge >= 0.3 is 6.03 Å². The maximum atomic E-state index is 10.9. The first-order valence-corrected chi connectivity index (χ1v) is 4.14. The van der Waals surface area contributed by atoms with Crippen LogP contribution in [0.3, 0.4) is 0 Å². The van der Waals surface area contributed by atoms with E-state index in [0.717, 1.165) is 5.56 Å². The van der Waals surface area contributed by atoms with Gasteiger partial charge in [-0.3, -0.25) is 4.79 Å². The predicted octanol–water partition coefficient (Wildman–Crippen LogP) is 2.77. The van der Waals surface area contributed by atoms with Crippen molar-refractivity contribution in [3.63, 3.8) is 0 Å². The monoisotopic (exact) mass is 190 g/mol. The Kier molecular flexibility index (Phi) is 3.52. The van der Waals surface area contributed by atoms with Crippen molar-refractivity contribution in [3.05, 3.63) is 46.3 Å². The summed E-state index contributed by atoms with van der Waals surface area (Å²) < 4.78 is 0. The fourth-order valence-electron chi connectivity index (χ4n) is 1.08. The van der Waals surface area contributed by atoms with Gasteiger partial charge in [0.05, 0.1) is 6.04 Å². The summed E-state index contributed by atoms with van der Waals surface area (Å²) in [7, 11) is 0. The van der Waals surface area contributed by atoms with Crippen molar-refractivity contribution in [2.24, 2.45) is 5.11 Å². The SMILES string of the molecule is CC(NC(=O)N=[N+]=[N-])c1ccccc1. The Morgan fingerprint density at radius 3 is 2.71 bits per heavy atom. The van der Waals surface area contributed by atoms with Crippen molar-refractivity contribution in [3.8, 4) is 0 Å². The Morgan fingerprint density at radius 2 is 2.14 bits per heavy atom. The van der Waals surface area contributed by atoms with E-state index in [1.807, 2.05) is 37.3 Å². The van der Waals surface area contributed by atoms with Gasteiger partial charge in [-0.1, -0.05) is 30.3 Å². The number of urea groups is 1. The van der Waals surface area contributed by atoms with Crippen LogP contribution < -0.4 is 5.32 Å². The first-order chi connectivity index (χ1) is 6.74. The molecule has 0 aromatic heterocycles. The largest absolute Gasteiger partial charge is 0.344 e. The number of carbonyl (C=O) groups excluding carboxylic acids is 1. The molecule has 14 heavy (non-hydrogen) atoms. The zero-order valence-electron chi connectivity index (χ0n) is 7.71. The third kappa shape index (κ3) is 2.80. The maximum absolute atomic E-state index is 10.9. The summed E-state index contributed by atoms with van der Waals surface area (Å²) in [6.45, 7) is 1.82. The molecule has 1 aromatic carbocycles. The van der Waals surface area contributed by atoms with Gasteiger partial charge < -0.3 is 5.32 Å². The number of benzene rings is 1. The van der Waals surface area contributed by atoms with E-state index in [0.29, 0.717) is 0 Å². The van der Waals surface area contributed by atoms with Gasteiger partial charge in [0, 0.05) is 10.0 Å². The number of hydrogen-bond acceptors (Lipinski definition) is 1. The molecule has 0 spiro atoms. The number of carbonyl (C=O) groups is 1. The molecule has 0 aliphatic heterocycles. The van der Waals surface area contributed by atoms with Gasteiger partial charge in [-0.15, -0.1) is 0 Å². The number of azide groups is 1. The normalized spacial score (nSPS) is 11.2. The Morgan fingerprint density at radius 1 is 1.50 bits per heavy atom. The lowest BCUT2D eigenvalue weighted by molar-refractivity contribution is 0.246. The predicted molar refractivity (Wildman–Crippen MR) is 52.5 cm³/mol. The molecule has 1 N–H and O–H groups in total. The summed E-state index contributed by atoms with van der Waals surface area (Å²) in [6.07, 6.45) is 0. The number of rotatable bonds is 2. The molecule has 0 bridgehead atoms. The van der Waals surface area contributed by atoms with E-state index >= 15 is 0 Å². The average molecular weight is 190 g/mol. The van der Waals surface area contributed by atoms with E-state index in [1.165, 1.54) is 0 Å². The van der Waals surface area contributed by atoms with E-state index in [4.69, 9.17) is 5.53 Å². The molecule has 1 unspecified atom stereocenters. The van der Waals surface area contributed by atoms with Crippen LogP contribution in [0.4, 0.5) is 4.79 Å². The van der Waals surface area contributed by atoms with Crippen LogP contribution in [-0.4, -0.2) is 6.03 Å². The second-order valence-electron chi connectivity index (χ2n) is 2.77. The van der Waals surface area contributed by atoms with E-state index in [-0.39, 0.29) is 6.04 Å². The first-order valence-electron chi connectivity index (χ1n) is 4.14. The van der Waals surface area contributed by atoms with Gasteiger partial charge in [0.25, 0.3) is 0 Å². The maximum Gasteiger partial charge on any atom is 0.308 e. The summed E-state index contributed by atoms with van der Waals surface area (Å²) in [5, 5.41) is 5.46. The van der Waals surface area contributed by atoms with Gasteiger partial charge in [-0.2, -0.15) is 0 Å². The summed E-state index contributed by atoms with van der Waals surface area (Å²) in [6, 6.07) is 8.61. The van der Waals surface area contributed by atoms with Crippen molar-refractivity contribution < 1.29 is 4.79 Å². The van der Waals surface area contributed by atoms with Crippen LogP contribution in [0.5, 0.6) is 0 Å². The molecule has 5 nitrogen and oxygen atoms in total. The molecule has 0 heterocycles. The molecule has 2 amide bonds. The van der Waals surface area contributed by atoms with Crippen LogP contribution in [-0.2, 0) is 0 Å². The highest BCUT2D eigenvalue weighted by molar-refractivity contribution is 5.75. The molecule has 0 radical (unpaired) electrons. The third-order valence-corrected chi connectivity index (χ3v) is 1.78. The average Bonchev–Trinajstić information content (AvgIpc) is 2.19. The summed E-state index contributed by atoms with van der Waals surface area (Å²) in [5.41, 5.74) is 8.98. The second kappa shape index (κ2) is 4.89. The van der Waals surface area contributed by atoms with Crippen molar-refractivity contribution in [2.45, 2.75) is 13.0 Å². The number of amides is 2. The molecule has 72 valence electrons. The highest BCUT2D eigenvalue weighted by Gasteiger charge is 2.06. The van der Waals surface area contributed by atoms with Gasteiger partial charge in [-0.05, 0) is 18.0 Å². The van der Waals surface area contributed by atoms with Crippen LogP contribution in [0.2, 0.25) is 0 Å². The Hall–Kier alpha value is -2.00. The third-order valence-electron chi connectivity index (χ3n) is 1.78. The topological polar surface area (TPSA) is 77.9 Å². The Balaban J connectivity index is 2.63. The van der Waals surface area contributed by atoms with Crippen molar-refractivity contribution in [1.29, 1.82) is 0 Å². The molecular formula is C9H10N4O. The Bertz CT molecular complexity index is 356. The van der Waals surface area contributed by atoms with Gasteiger partial charge in [0.1, 0.15) is 0 Å². The van der Waals surface area contributed by atoms with Crippen LogP contribution >= 0.6 is 0 Å². The van der Waals surface area contributed by atoms with E-state index in [9.17, 15) is 4.79 Å². The molecular weight excluding hydrogens is 180 g/mol. The lowest BCUT2D eigenvalue weighted by atomic mass is 10.1. The molecule has 0 fully saturated rings. The van der Waals surface area contributed by atoms with Crippen molar-refractivity contribution >= 4 is 6.03 Å². The highest BCUT2D eigenvalue weighted by Crippen LogP contribution is 2.10. The van der Waals surface area contributed by atoms with Gasteiger partial charge in [0.15, 0.2) is 0 Å². The second-order valence-corrected chi connectivity index (χ2v) is 2.77. The minimum absolute atomic E-state index is 0.158. The van der Waals surface area contributed by atoms with Gasteiger partial charge in [0.2, 0.25) is 0 Å². The van der Waals surface area contributed by atoms with Gasteiger partial charge in [-0.25, -0.2) is 0 Å². The molecule has 0 saturated heterocycles. The molecule has 1 aromatic rings. The highest BCUT2D eigenvalue weighted by atomic mass is 16.2. The minimum Gasteiger partial charge on any atom is -0.344 e. The lowest BCUT2D eigenvalue weighted by Gasteiger charge is -2.11. The summed E-state index contributed by atoms with van der Waals surface area (Å²) >= 11 is 0. The van der Waals surface area contributed by atoms with E-state index in [2.05, 4.69) is 15.3 Å². The van der Waals surface area contributed by atoms with E-state index in [1.54, 1.807) is 0 Å². The van der Waals surface area contributed by atoms with Crippen molar-refractivity contribution in [2.75, 3.05) is 0 Å². The number of nitrogens with zero attached hydrogens (tertiary/aromatic N) is 3. The van der Waals surface area contributed by atoms with Crippen LogP contribution in [0, 0.1) is 0 Å². The summed E-state index contributed by atoms with van der Waals surface area (Å²) in [4.78, 5) is 13.3. The molecule has 0 aliphatic rings. The van der Waals surface area contributed by atoms with E-state index < -0.39 is 6.03 Å². The molecule has 1 atom stereocenters. The smallest absolute Gasteiger partial charge is 0.308 e. The number of nitrogens with one attached hydrogen (secondary N) is 1. The Labute approximate surface area is 81.4 Å². The molecule has 0 aliphatic carbocycles. The minimum atomic E-state index is -0.663. The van der Waals surface area contributed by atoms with Crippen molar-refractivity contribution in [1.82, 2.24) is 5.32 Å². The zero-order valence-corrected chi connectivity index (χ0v) is 7.71. The summed E-state index contributed by atoms with van der Waals surface area (Å²) in [5.74, 6) is 0. The van der Waals surface area contributed by atoms with Crippen LogP contribution in [0.1, 0.15) is 18.5 Å². The lowest BCUT2D eigenvalue weighted by Crippen LogP contribution is -2.22. The fourth-order valence-corrected chi connectivity index (χ4v) is 1.08. The molecule has 1 rings (SSSR count). The molecule has 0 saturated carbocycles. The van der Waals surface area contributed by atoms with Crippen LogP contribution in [0.15, 0.2) is 35.4 Å². The van der Waals surface area contributed by atoms with Crippen LogP contribution in [0.25, 0.3) is 10.4 Å².